The number of piperazine rings is 1. The van der Waals surface area contributed by atoms with Gasteiger partial charge in [-0.3, -0.25) is 0 Å². The van der Waals surface area contributed by atoms with Crippen molar-refractivity contribution in [1.82, 2.24) is 15.3 Å². The molecule has 0 amide bonds. The predicted octanol–water partition coefficient (Wildman–Crippen LogP) is 3.69. The molecule has 2 fully saturated rings. The van der Waals surface area contributed by atoms with Crippen molar-refractivity contribution >= 4 is 40.6 Å². The topological polar surface area (TPSA) is 68.8 Å². The first-order chi connectivity index (χ1) is 17.7. The molecule has 0 bridgehead atoms. The Labute approximate surface area is 218 Å². The zero-order valence-corrected chi connectivity index (χ0v) is 21.5. The first-order valence-electron chi connectivity index (χ1n) is 12.5. The van der Waals surface area contributed by atoms with Gasteiger partial charge in [0.1, 0.15) is 11.6 Å². The number of thiocarbonyl (C=S) groups is 1. The Bertz CT molecular complexity index is 1130. The molecule has 2 aromatic carbocycles. The highest BCUT2D eigenvalue weighted by Crippen LogP contribution is 2.25. The van der Waals surface area contributed by atoms with Gasteiger partial charge in [-0.2, -0.15) is 9.97 Å². The maximum atomic E-state index is 5.63. The minimum atomic E-state index is 0.0687. The molecule has 0 saturated carbocycles. The van der Waals surface area contributed by atoms with E-state index in [0.29, 0.717) is 24.3 Å². The minimum absolute atomic E-state index is 0.0687. The van der Waals surface area contributed by atoms with Gasteiger partial charge in [0.25, 0.3) is 0 Å². The summed E-state index contributed by atoms with van der Waals surface area (Å²) in [6.07, 6.45) is 0. The smallest absolute Gasteiger partial charge is 0.232 e. The van der Waals surface area contributed by atoms with Crippen LogP contribution in [0, 0.1) is 0 Å². The van der Waals surface area contributed by atoms with E-state index < -0.39 is 0 Å². The second-order valence-electron chi connectivity index (χ2n) is 9.05. The van der Waals surface area contributed by atoms with Crippen molar-refractivity contribution in [3.8, 4) is 0 Å². The summed E-state index contributed by atoms with van der Waals surface area (Å²) < 4.78 is 5.55. The molecule has 8 nitrogen and oxygen atoms in total. The first-order valence-corrected chi connectivity index (χ1v) is 13.0. The minimum Gasteiger partial charge on any atom is -0.378 e. The molecular weight excluding hydrogens is 470 g/mol. The molecule has 2 N–H and O–H groups in total. The number of nitrogens with zero attached hydrogens (tertiary/aromatic N) is 5. The summed E-state index contributed by atoms with van der Waals surface area (Å²) in [5.74, 6) is 2.33. The average molecular weight is 504 g/mol. The predicted molar refractivity (Wildman–Crippen MR) is 150 cm³/mol. The van der Waals surface area contributed by atoms with E-state index >= 15 is 0 Å². The molecule has 0 aliphatic carbocycles. The normalized spacial score (nSPS) is 17.0. The Morgan fingerprint density at radius 2 is 1.36 bits per heavy atom. The van der Waals surface area contributed by atoms with Crippen molar-refractivity contribution in [1.29, 1.82) is 0 Å². The molecule has 3 aromatic rings. The van der Waals surface area contributed by atoms with Crippen LogP contribution in [0.3, 0.4) is 0 Å². The molecule has 0 unspecified atom stereocenters. The molecule has 188 valence electrons. The van der Waals surface area contributed by atoms with Crippen LogP contribution in [0.4, 0.5) is 23.3 Å². The van der Waals surface area contributed by atoms with Crippen LogP contribution in [0.2, 0.25) is 0 Å². The lowest BCUT2D eigenvalue weighted by molar-refractivity contribution is 0.122. The van der Waals surface area contributed by atoms with E-state index in [4.69, 9.17) is 26.9 Å². The fourth-order valence-corrected chi connectivity index (χ4v) is 4.85. The number of para-hydroxylation sites is 1. The summed E-state index contributed by atoms with van der Waals surface area (Å²) in [6, 6.07) is 23.0. The third-order valence-electron chi connectivity index (χ3n) is 6.63. The summed E-state index contributed by atoms with van der Waals surface area (Å²) in [4.78, 5) is 16.7. The zero-order chi connectivity index (χ0) is 24.7. The zero-order valence-electron chi connectivity index (χ0n) is 20.6. The quantitative estimate of drug-likeness (QED) is 0.490. The van der Waals surface area contributed by atoms with Crippen LogP contribution < -0.4 is 25.3 Å². The fourth-order valence-electron chi connectivity index (χ4n) is 4.59. The largest absolute Gasteiger partial charge is 0.378 e. The van der Waals surface area contributed by atoms with Crippen LogP contribution in [0.5, 0.6) is 0 Å². The Balaban J connectivity index is 1.31. The van der Waals surface area contributed by atoms with E-state index in [-0.39, 0.29) is 6.04 Å². The SMILES string of the molecule is C[C@@H](NC(=S)Nc1nc(N2CCOCC2)cc(N2CCN(c3ccccc3)CC2)n1)c1ccccc1. The standard InChI is InChI=1S/C27H33N7OS/c1-21(22-8-4-2-5-9-22)28-27(36)31-26-29-24(20-25(30-26)34-16-18-35-19-17-34)33-14-12-32(13-15-33)23-10-6-3-7-11-23/h2-11,20-21H,12-19H2,1H3,(H2,28,29,30,31,36)/t21-/m1/s1. The van der Waals surface area contributed by atoms with Crippen molar-refractivity contribution in [2.24, 2.45) is 0 Å². The van der Waals surface area contributed by atoms with Gasteiger partial charge < -0.3 is 30.1 Å². The number of nitrogens with one attached hydrogen (secondary N) is 2. The van der Waals surface area contributed by atoms with E-state index in [1.807, 2.05) is 18.2 Å². The van der Waals surface area contributed by atoms with Crippen LogP contribution in [0.15, 0.2) is 66.7 Å². The lowest BCUT2D eigenvalue weighted by Crippen LogP contribution is -2.47. The molecule has 0 radical (unpaired) electrons. The van der Waals surface area contributed by atoms with Crippen LogP contribution in [0.25, 0.3) is 0 Å². The van der Waals surface area contributed by atoms with Gasteiger partial charge in [-0.15, -0.1) is 0 Å². The second kappa shape index (κ2) is 11.5. The summed E-state index contributed by atoms with van der Waals surface area (Å²) in [5.41, 5.74) is 2.43. The van der Waals surface area contributed by atoms with Gasteiger partial charge in [0, 0.05) is 51.0 Å². The number of morpholine rings is 1. The molecule has 9 heteroatoms. The van der Waals surface area contributed by atoms with Gasteiger partial charge in [0.15, 0.2) is 5.11 Å². The summed E-state index contributed by atoms with van der Waals surface area (Å²) >= 11 is 5.63. The van der Waals surface area contributed by atoms with E-state index in [9.17, 15) is 0 Å². The van der Waals surface area contributed by atoms with Crippen molar-refractivity contribution in [2.45, 2.75) is 13.0 Å². The Morgan fingerprint density at radius 3 is 2.00 bits per heavy atom. The Morgan fingerprint density at radius 1 is 0.806 bits per heavy atom. The van der Waals surface area contributed by atoms with Gasteiger partial charge >= 0.3 is 0 Å². The maximum absolute atomic E-state index is 5.63. The van der Waals surface area contributed by atoms with Gasteiger partial charge in [-0.25, -0.2) is 0 Å². The molecule has 36 heavy (non-hydrogen) atoms. The number of hydrogen-bond donors (Lipinski definition) is 2. The Hall–Kier alpha value is -3.43. The first kappa shape index (κ1) is 24.3. The van der Waals surface area contributed by atoms with Gasteiger partial charge in [0.2, 0.25) is 5.95 Å². The number of hydrogen-bond acceptors (Lipinski definition) is 7. The van der Waals surface area contributed by atoms with Crippen molar-refractivity contribution in [2.75, 3.05) is 72.5 Å². The average Bonchev–Trinajstić information content (AvgIpc) is 2.94. The molecule has 5 rings (SSSR count). The van der Waals surface area contributed by atoms with Gasteiger partial charge in [0.05, 0.1) is 19.3 Å². The number of benzene rings is 2. The van der Waals surface area contributed by atoms with E-state index in [1.165, 1.54) is 11.3 Å². The molecule has 0 spiro atoms. The molecular formula is C27H33N7OS. The third-order valence-corrected chi connectivity index (χ3v) is 6.85. The maximum Gasteiger partial charge on any atom is 0.232 e. The number of rotatable bonds is 6. The molecule has 1 atom stereocenters. The fraction of sp³-hybridized carbons (Fsp3) is 0.370. The third kappa shape index (κ3) is 6.03. The molecule has 1 aromatic heterocycles. The van der Waals surface area contributed by atoms with Crippen LogP contribution in [-0.2, 0) is 4.74 Å². The lowest BCUT2D eigenvalue weighted by Gasteiger charge is -2.37. The van der Waals surface area contributed by atoms with E-state index in [2.05, 4.69) is 80.8 Å². The highest BCUT2D eigenvalue weighted by atomic mass is 32.1. The van der Waals surface area contributed by atoms with Gasteiger partial charge in [-0.1, -0.05) is 48.5 Å². The second-order valence-corrected chi connectivity index (χ2v) is 9.46. The van der Waals surface area contributed by atoms with Crippen LogP contribution in [-0.4, -0.2) is 67.6 Å². The lowest BCUT2D eigenvalue weighted by atomic mass is 10.1. The monoisotopic (exact) mass is 503 g/mol. The van der Waals surface area contributed by atoms with E-state index in [0.717, 1.165) is 50.9 Å². The highest BCUT2D eigenvalue weighted by Gasteiger charge is 2.22. The molecule has 2 saturated heterocycles. The van der Waals surface area contributed by atoms with Crippen molar-refractivity contribution in [3.05, 3.63) is 72.3 Å². The highest BCUT2D eigenvalue weighted by molar-refractivity contribution is 7.80. The van der Waals surface area contributed by atoms with Crippen LogP contribution in [0.1, 0.15) is 18.5 Å². The number of anilines is 4. The molecule has 3 heterocycles. The van der Waals surface area contributed by atoms with Crippen molar-refractivity contribution in [3.63, 3.8) is 0 Å². The molecule has 2 aliphatic heterocycles. The summed E-state index contributed by atoms with van der Waals surface area (Å²) in [6.45, 7) is 8.78. The molecule has 2 aliphatic rings. The number of aromatic nitrogens is 2. The summed E-state index contributed by atoms with van der Waals surface area (Å²) in [7, 11) is 0. The summed E-state index contributed by atoms with van der Waals surface area (Å²) in [5, 5.41) is 7.10. The van der Waals surface area contributed by atoms with Crippen LogP contribution >= 0.6 is 12.2 Å². The Kier molecular flexibility index (Phi) is 7.78. The van der Waals surface area contributed by atoms with E-state index in [1.54, 1.807) is 0 Å². The number of ether oxygens (including phenoxy) is 1. The van der Waals surface area contributed by atoms with Gasteiger partial charge in [-0.05, 0) is 36.8 Å². The van der Waals surface area contributed by atoms with Crippen molar-refractivity contribution < 1.29 is 4.74 Å².